The molecule has 0 aliphatic heterocycles. The Bertz CT molecular complexity index is 848. The largest absolute Gasteiger partial charge is 0.296 e. The average molecular weight is 415 g/mol. The summed E-state index contributed by atoms with van der Waals surface area (Å²) in [6.07, 6.45) is 1.15. The molecule has 1 amide bonds. The number of carbonyl (C=O) groups excluding carboxylic acids is 1. The van der Waals surface area contributed by atoms with E-state index in [-0.39, 0.29) is 5.91 Å². The monoisotopic (exact) mass is 414 g/mol. The molecule has 2 aromatic rings. The van der Waals surface area contributed by atoms with Gasteiger partial charge in [-0.2, -0.15) is 0 Å². The van der Waals surface area contributed by atoms with Gasteiger partial charge in [-0.3, -0.25) is 14.4 Å². The summed E-state index contributed by atoms with van der Waals surface area (Å²) in [6.45, 7) is 6.34. The maximum Gasteiger partial charge on any atom is 0.257 e. The molecule has 142 valence electrons. The van der Waals surface area contributed by atoms with Crippen molar-refractivity contribution in [1.82, 2.24) is 10.2 Å². The predicted molar refractivity (Wildman–Crippen MR) is 108 cm³/mol. The van der Waals surface area contributed by atoms with Gasteiger partial charge in [-0.15, -0.1) is 10.2 Å². The summed E-state index contributed by atoms with van der Waals surface area (Å²) in [5.74, 6) is 1.18. The zero-order chi connectivity index (χ0) is 19.3. The van der Waals surface area contributed by atoms with Crippen LogP contribution in [0.15, 0.2) is 28.6 Å². The van der Waals surface area contributed by atoms with Gasteiger partial charge in [0.1, 0.15) is 0 Å². The van der Waals surface area contributed by atoms with E-state index in [4.69, 9.17) is 0 Å². The number of hydrogen-bond donors (Lipinski definition) is 1. The van der Waals surface area contributed by atoms with Crippen molar-refractivity contribution in [3.63, 3.8) is 0 Å². The Kier molecular flexibility index (Phi) is 7.01. The molecular weight excluding hydrogens is 392 g/mol. The van der Waals surface area contributed by atoms with Crippen LogP contribution in [-0.2, 0) is 10.0 Å². The normalized spacial score (nSPS) is 11.6. The molecule has 0 radical (unpaired) electrons. The van der Waals surface area contributed by atoms with Crippen molar-refractivity contribution in [2.75, 3.05) is 28.2 Å². The van der Waals surface area contributed by atoms with E-state index in [2.05, 4.69) is 29.4 Å². The minimum absolute atomic E-state index is 0.310. The fourth-order valence-electron chi connectivity index (χ4n) is 2.11. The van der Waals surface area contributed by atoms with Gasteiger partial charge in [0.15, 0.2) is 4.34 Å². The first-order chi connectivity index (χ1) is 12.2. The molecule has 26 heavy (non-hydrogen) atoms. The topological polar surface area (TPSA) is 92.3 Å². The van der Waals surface area contributed by atoms with Crippen molar-refractivity contribution in [2.24, 2.45) is 5.92 Å². The molecule has 0 bridgehead atoms. The number of benzene rings is 1. The summed E-state index contributed by atoms with van der Waals surface area (Å²) in [6, 6.07) is 6.41. The van der Waals surface area contributed by atoms with Crippen molar-refractivity contribution in [3.8, 4) is 0 Å². The third kappa shape index (κ3) is 5.68. The maximum absolute atomic E-state index is 12.3. The highest BCUT2D eigenvalue weighted by atomic mass is 32.2. The number of carbonyl (C=O) groups is 1. The van der Waals surface area contributed by atoms with Gasteiger partial charge in [-0.05, 0) is 37.1 Å². The molecule has 0 fully saturated rings. The van der Waals surface area contributed by atoms with Crippen molar-refractivity contribution in [2.45, 2.75) is 25.1 Å². The highest BCUT2D eigenvalue weighted by Crippen LogP contribution is 2.27. The van der Waals surface area contributed by atoms with E-state index in [0.29, 0.717) is 28.8 Å². The van der Waals surface area contributed by atoms with E-state index >= 15 is 0 Å². The number of sulfonamides is 1. The lowest BCUT2D eigenvalue weighted by Crippen LogP contribution is -2.29. The van der Waals surface area contributed by atoms with E-state index in [0.717, 1.165) is 16.3 Å². The minimum atomic E-state index is -3.34. The highest BCUT2D eigenvalue weighted by Gasteiger charge is 2.16. The Balaban J connectivity index is 2.04. The average Bonchev–Trinajstić information content (AvgIpc) is 3.00. The molecular formula is C16H22N4O3S3. The molecule has 0 saturated carbocycles. The van der Waals surface area contributed by atoms with Crippen molar-refractivity contribution < 1.29 is 13.2 Å². The lowest BCUT2D eigenvalue weighted by molar-refractivity contribution is 0.102. The number of hydrogen-bond acceptors (Lipinski definition) is 7. The molecule has 1 aromatic carbocycles. The number of nitrogens with one attached hydrogen (secondary N) is 1. The van der Waals surface area contributed by atoms with Crippen molar-refractivity contribution >= 4 is 49.8 Å². The quantitative estimate of drug-likeness (QED) is 0.526. The fourth-order valence-corrected chi connectivity index (χ4v) is 4.81. The maximum atomic E-state index is 12.3. The van der Waals surface area contributed by atoms with E-state index in [1.807, 2.05) is 0 Å². The number of thioether (sulfide) groups is 1. The molecule has 1 heterocycles. The lowest BCUT2D eigenvalue weighted by atomic mass is 10.2. The Morgan fingerprint density at radius 2 is 1.92 bits per heavy atom. The van der Waals surface area contributed by atoms with Gasteiger partial charge in [0.2, 0.25) is 15.2 Å². The Hall–Kier alpha value is -1.65. The molecule has 0 atom stereocenters. The standard InChI is InChI=1S/C16H22N4O3S3/c1-5-20(26(4,22)23)13-8-6-12(7-9-13)14(21)17-15-18-19-16(25-15)24-10-11(2)3/h6-9,11H,5,10H2,1-4H3,(H,17,18,21). The van der Waals surface area contributed by atoms with E-state index in [1.54, 1.807) is 43.0 Å². The molecule has 0 spiro atoms. The van der Waals surface area contributed by atoms with Crippen molar-refractivity contribution in [1.29, 1.82) is 0 Å². The summed E-state index contributed by atoms with van der Waals surface area (Å²) >= 11 is 2.95. The predicted octanol–water partition coefficient (Wildman–Crippen LogP) is 3.32. The van der Waals surface area contributed by atoms with Crippen LogP contribution in [0, 0.1) is 5.92 Å². The minimum Gasteiger partial charge on any atom is -0.296 e. The van der Waals surface area contributed by atoms with E-state index < -0.39 is 10.0 Å². The van der Waals surface area contributed by atoms with Gasteiger partial charge in [-0.25, -0.2) is 8.42 Å². The van der Waals surface area contributed by atoms with Crippen LogP contribution in [-0.4, -0.2) is 43.1 Å². The second-order valence-corrected chi connectivity index (χ2v) is 10.2. The van der Waals surface area contributed by atoms with Gasteiger partial charge in [0.05, 0.1) is 11.9 Å². The zero-order valence-corrected chi connectivity index (χ0v) is 17.5. The van der Waals surface area contributed by atoms with Crippen LogP contribution in [0.2, 0.25) is 0 Å². The van der Waals surface area contributed by atoms with Crippen LogP contribution in [0.1, 0.15) is 31.1 Å². The molecule has 7 nitrogen and oxygen atoms in total. The molecule has 2 rings (SSSR count). The van der Waals surface area contributed by atoms with Crippen LogP contribution in [0.25, 0.3) is 0 Å². The second-order valence-electron chi connectivity index (χ2n) is 6.01. The summed E-state index contributed by atoms with van der Waals surface area (Å²) in [5.41, 5.74) is 0.944. The molecule has 1 N–H and O–H groups in total. The van der Waals surface area contributed by atoms with Crippen LogP contribution < -0.4 is 9.62 Å². The van der Waals surface area contributed by atoms with Crippen LogP contribution in [0.4, 0.5) is 10.8 Å². The van der Waals surface area contributed by atoms with Gasteiger partial charge >= 0.3 is 0 Å². The summed E-state index contributed by atoms with van der Waals surface area (Å²) in [5, 5.41) is 11.2. The zero-order valence-electron chi connectivity index (χ0n) is 15.1. The van der Waals surface area contributed by atoms with Gasteiger partial charge in [0, 0.05) is 17.9 Å². The number of anilines is 2. The smallest absolute Gasteiger partial charge is 0.257 e. The number of amides is 1. The van der Waals surface area contributed by atoms with Crippen molar-refractivity contribution in [3.05, 3.63) is 29.8 Å². The first kappa shape index (κ1) is 20.7. The molecule has 1 aromatic heterocycles. The van der Waals surface area contributed by atoms with Gasteiger partial charge in [0.25, 0.3) is 5.91 Å². The Morgan fingerprint density at radius 3 is 2.46 bits per heavy atom. The SMILES string of the molecule is CCN(c1ccc(C(=O)Nc2nnc(SCC(C)C)s2)cc1)S(C)(=O)=O. The van der Waals surface area contributed by atoms with Gasteiger partial charge in [-0.1, -0.05) is 36.9 Å². The molecule has 0 saturated heterocycles. The molecule has 0 aliphatic carbocycles. The Morgan fingerprint density at radius 1 is 1.27 bits per heavy atom. The number of aromatic nitrogens is 2. The summed E-state index contributed by atoms with van der Waals surface area (Å²) in [4.78, 5) is 12.3. The first-order valence-corrected chi connectivity index (χ1v) is 11.7. The molecule has 10 heteroatoms. The summed E-state index contributed by atoms with van der Waals surface area (Å²) in [7, 11) is -3.34. The van der Waals surface area contributed by atoms with Crippen LogP contribution >= 0.6 is 23.1 Å². The lowest BCUT2D eigenvalue weighted by Gasteiger charge is -2.20. The number of nitrogens with zero attached hydrogens (tertiary/aromatic N) is 3. The third-order valence-electron chi connectivity index (χ3n) is 3.27. The third-order valence-corrected chi connectivity index (χ3v) is 6.94. The number of rotatable bonds is 8. The van der Waals surface area contributed by atoms with Crippen LogP contribution in [0.3, 0.4) is 0 Å². The van der Waals surface area contributed by atoms with Crippen LogP contribution in [0.5, 0.6) is 0 Å². The molecule has 0 aliphatic rings. The fraction of sp³-hybridized carbons (Fsp3) is 0.438. The summed E-state index contributed by atoms with van der Waals surface area (Å²) < 4.78 is 25.6. The van der Waals surface area contributed by atoms with E-state index in [1.165, 1.54) is 15.6 Å². The first-order valence-electron chi connectivity index (χ1n) is 8.06. The second kappa shape index (κ2) is 8.83. The van der Waals surface area contributed by atoms with Gasteiger partial charge < -0.3 is 0 Å². The Labute approximate surface area is 162 Å². The molecule has 0 unspecified atom stereocenters. The highest BCUT2D eigenvalue weighted by molar-refractivity contribution is 8.01. The van der Waals surface area contributed by atoms with E-state index in [9.17, 15) is 13.2 Å².